The van der Waals surface area contributed by atoms with E-state index in [0.717, 1.165) is 25.2 Å². The maximum Gasteiger partial charge on any atom is 0.337 e. The molecule has 0 aromatic heterocycles. The quantitative estimate of drug-likeness (QED) is 0.809. The molecule has 3 rings (SSSR count). The fourth-order valence-corrected chi connectivity index (χ4v) is 3.52. The Kier molecular flexibility index (Phi) is 5.45. The second-order valence-corrected chi connectivity index (χ2v) is 8.58. The van der Waals surface area contributed by atoms with Crippen LogP contribution in [-0.4, -0.2) is 30.1 Å². The standard InChI is InChI=1S/C23H28N2O3/c1-15-6-5-7-16(12-15)17-10-11-25(14-17)18-8-9-20(19(13-18)21(26)27)24-22(28)23(2,3)4/h5-9,12-13,17H,10-11,14H2,1-4H3,(H,24,28)(H,26,27)/t17-/m0/s1. The second kappa shape index (κ2) is 7.66. The van der Waals surface area contributed by atoms with E-state index in [2.05, 4.69) is 41.4 Å². The van der Waals surface area contributed by atoms with Crippen LogP contribution in [0.5, 0.6) is 0 Å². The first-order valence-corrected chi connectivity index (χ1v) is 9.65. The Morgan fingerprint density at radius 3 is 2.54 bits per heavy atom. The number of benzene rings is 2. The summed E-state index contributed by atoms with van der Waals surface area (Å²) in [5.74, 6) is -0.808. The van der Waals surface area contributed by atoms with E-state index in [1.54, 1.807) is 32.9 Å². The van der Waals surface area contributed by atoms with Crippen LogP contribution in [0.4, 0.5) is 11.4 Å². The van der Waals surface area contributed by atoms with Gasteiger partial charge in [0.05, 0.1) is 11.3 Å². The number of hydrogen-bond acceptors (Lipinski definition) is 3. The number of carbonyl (C=O) groups excluding carboxylic acids is 1. The Bertz CT molecular complexity index is 899. The lowest BCUT2D eigenvalue weighted by Crippen LogP contribution is -2.28. The lowest BCUT2D eigenvalue weighted by atomic mass is 9.95. The van der Waals surface area contributed by atoms with E-state index in [-0.39, 0.29) is 11.5 Å². The molecule has 5 nitrogen and oxygen atoms in total. The van der Waals surface area contributed by atoms with Crippen LogP contribution >= 0.6 is 0 Å². The van der Waals surface area contributed by atoms with Gasteiger partial charge >= 0.3 is 5.97 Å². The molecule has 1 fully saturated rings. The Morgan fingerprint density at radius 1 is 1.14 bits per heavy atom. The van der Waals surface area contributed by atoms with Crippen LogP contribution in [0, 0.1) is 12.3 Å². The van der Waals surface area contributed by atoms with Gasteiger partial charge in [-0.1, -0.05) is 50.6 Å². The van der Waals surface area contributed by atoms with Gasteiger partial charge < -0.3 is 15.3 Å². The third-order valence-corrected chi connectivity index (χ3v) is 5.23. The number of anilines is 2. The van der Waals surface area contributed by atoms with Crippen molar-refractivity contribution in [2.24, 2.45) is 5.41 Å². The summed E-state index contributed by atoms with van der Waals surface area (Å²) in [6.07, 6.45) is 1.04. The number of carboxylic acids is 1. The molecule has 0 unspecified atom stereocenters. The highest BCUT2D eigenvalue weighted by atomic mass is 16.4. The van der Waals surface area contributed by atoms with Crippen molar-refractivity contribution in [1.82, 2.24) is 0 Å². The van der Waals surface area contributed by atoms with E-state index in [1.165, 1.54) is 11.1 Å². The second-order valence-electron chi connectivity index (χ2n) is 8.58. The van der Waals surface area contributed by atoms with Crippen molar-refractivity contribution in [1.29, 1.82) is 0 Å². The van der Waals surface area contributed by atoms with Crippen molar-refractivity contribution in [3.63, 3.8) is 0 Å². The van der Waals surface area contributed by atoms with Crippen molar-refractivity contribution < 1.29 is 14.7 Å². The van der Waals surface area contributed by atoms with Crippen molar-refractivity contribution in [2.45, 2.75) is 40.0 Å². The van der Waals surface area contributed by atoms with Crippen LogP contribution in [0.1, 0.15) is 54.6 Å². The largest absolute Gasteiger partial charge is 0.478 e. The molecule has 0 spiro atoms. The Labute approximate surface area is 166 Å². The summed E-state index contributed by atoms with van der Waals surface area (Å²) in [4.78, 5) is 26.3. The molecule has 0 saturated carbocycles. The minimum absolute atomic E-state index is 0.120. The Balaban J connectivity index is 1.81. The molecule has 1 heterocycles. The van der Waals surface area contributed by atoms with E-state index in [4.69, 9.17) is 0 Å². The number of hydrogen-bond donors (Lipinski definition) is 2. The molecular formula is C23H28N2O3. The fourth-order valence-electron chi connectivity index (χ4n) is 3.52. The van der Waals surface area contributed by atoms with Gasteiger partial charge in [0.1, 0.15) is 0 Å². The zero-order valence-electron chi connectivity index (χ0n) is 17.0. The maximum atomic E-state index is 12.3. The number of amides is 1. The predicted molar refractivity (Wildman–Crippen MR) is 112 cm³/mol. The number of rotatable bonds is 4. The average Bonchev–Trinajstić information content (AvgIpc) is 3.11. The average molecular weight is 380 g/mol. The van der Waals surface area contributed by atoms with E-state index >= 15 is 0 Å². The van der Waals surface area contributed by atoms with Gasteiger partial charge in [-0.05, 0) is 37.1 Å². The van der Waals surface area contributed by atoms with Gasteiger partial charge in [-0.3, -0.25) is 4.79 Å². The van der Waals surface area contributed by atoms with Gasteiger partial charge in [-0.2, -0.15) is 0 Å². The molecule has 2 N–H and O–H groups in total. The highest BCUT2D eigenvalue weighted by molar-refractivity contribution is 6.02. The first-order chi connectivity index (χ1) is 13.1. The first-order valence-electron chi connectivity index (χ1n) is 9.65. The molecule has 1 aliphatic heterocycles. The minimum atomic E-state index is -1.04. The minimum Gasteiger partial charge on any atom is -0.478 e. The monoisotopic (exact) mass is 380 g/mol. The Hall–Kier alpha value is -2.82. The zero-order valence-corrected chi connectivity index (χ0v) is 17.0. The maximum absolute atomic E-state index is 12.3. The van der Waals surface area contributed by atoms with E-state index < -0.39 is 11.4 Å². The molecule has 0 aliphatic carbocycles. The smallest absolute Gasteiger partial charge is 0.337 e. The van der Waals surface area contributed by atoms with Gasteiger partial charge in [0, 0.05) is 30.1 Å². The van der Waals surface area contributed by atoms with Gasteiger partial charge in [0.2, 0.25) is 5.91 Å². The number of aryl methyl sites for hydroxylation is 1. The molecular weight excluding hydrogens is 352 g/mol. The van der Waals surface area contributed by atoms with Crippen LogP contribution in [0.15, 0.2) is 42.5 Å². The van der Waals surface area contributed by atoms with E-state index in [9.17, 15) is 14.7 Å². The van der Waals surface area contributed by atoms with Crippen molar-refractivity contribution in [3.8, 4) is 0 Å². The molecule has 1 aliphatic rings. The SMILES string of the molecule is Cc1cccc([C@H]2CCN(c3ccc(NC(=O)C(C)(C)C)c(C(=O)O)c3)C2)c1. The third kappa shape index (κ3) is 4.35. The van der Waals surface area contributed by atoms with E-state index in [1.807, 2.05) is 6.07 Å². The third-order valence-electron chi connectivity index (χ3n) is 5.23. The zero-order chi connectivity index (χ0) is 20.5. The van der Waals surface area contributed by atoms with Gasteiger partial charge in [-0.25, -0.2) is 4.79 Å². The summed E-state index contributed by atoms with van der Waals surface area (Å²) in [6, 6.07) is 13.8. The molecule has 148 valence electrons. The molecule has 28 heavy (non-hydrogen) atoms. The van der Waals surface area contributed by atoms with Gasteiger partial charge in [0.15, 0.2) is 0 Å². The lowest BCUT2D eigenvalue weighted by molar-refractivity contribution is -0.123. The summed E-state index contributed by atoms with van der Waals surface area (Å²) in [5, 5.41) is 12.4. The fraction of sp³-hybridized carbons (Fsp3) is 0.391. The summed E-state index contributed by atoms with van der Waals surface area (Å²) < 4.78 is 0. The molecule has 0 radical (unpaired) electrons. The molecule has 1 saturated heterocycles. The van der Waals surface area contributed by atoms with Crippen LogP contribution in [0.25, 0.3) is 0 Å². The van der Waals surface area contributed by atoms with Crippen LogP contribution in [0.3, 0.4) is 0 Å². The predicted octanol–water partition coefficient (Wildman–Crippen LogP) is 4.67. The van der Waals surface area contributed by atoms with Crippen molar-refractivity contribution >= 4 is 23.3 Å². The number of carboxylic acid groups (broad SMARTS) is 1. The summed E-state index contributed by atoms with van der Waals surface area (Å²) in [5.41, 5.74) is 3.32. The summed E-state index contributed by atoms with van der Waals surface area (Å²) >= 11 is 0. The van der Waals surface area contributed by atoms with Gasteiger partial charge in [-0.15, -0.1) is 0 Å². The molecule has 1 atom stereocenters. The van der Waals surface area contributed by atoms with Crippen LogP contribution < -0.4 is 10.2 Å². The van der Waals surface area contributed by atoms with Gasteiger partial charge in [0.25, 0.3) is 0 Å². The Morgan fingerprint density at radius 2 is 1.89 bits per heavy atom. The topological polar surface area (TPSA) is 69.6 Å². The molecule has 5 heteroatoms. The normalized spacial score (nSPS) is 16.9. The molecule has 2 aromatic rings. The number of carbonyl (C=O) groups is 2. The number of nitrogens with one attached hydrogen (secondary N) is 1. The van der Waals surface area contributed by atoms with E-state index in [0.29, 0.717) is 11.6 Å². The summed E-state index contributed by atoms with van der Waals surface area (Å²) in [7, 11) is 0. The van der Waals surface area contributed by atoms with Crippen LogP contribution in [0.2, 0.25) is 0 Å². The van der Waals surface area contributed by atoms with Crippen molar-refractivity contribution in [2.75, 3.05) is 23.3 Å². The van der Waals surface area contributed by atoms with Crippen LogP contribution in [-0.2, 0) is 4.79 Å². The van der Waals surface area contributed by atoms with Crippen molar-refractivity contribution in [3.05, 3.63) is 59.2 Å². The summed E-state index contributed by atoms with van der Waals surface area (Å²) in [6.45, 7) is 9.23. The molecule has 1 amide bonds. The first kappa shape index (κ1) is 19.9. The highest BCUT2D eigenvalue weighted by Crippen LogP contribution is 2.33. The number of aromatic carboxylic acids is 1. The molecule has 2 aromatic carbocycles. The molecule has 0 bridgehead atoms. The lowest BCUT2D eigenvalue weighted by Gasteiger charge is -2.22. The number of nitrogens with zero attached hydrogens (tertiary/aromatic N) is 1. The highest BCUT2D eigenvalue weighted by Gasteiger charge is 2.27.